The second kappa shape index (κ2) is 8.52. The largest absolute Gasteiger partial charge is 0.370 e. The first-order valence-electron chi connectivity index (χ1n) is 11.0. The van der Waals surface area contributed by atoms with Crippen LogP contribution in [-0.4, -0.2) is 27.1 Å². The Morgan fingerprint density at radius 3 is 2.72 bits per heavy atom. The van der Waals surface area contributed by atoms with Crippen LogP contribution in [0.2, 0.25) is 0 Å². The number of fused-ring (bicyclic) bond motifs is 5. The summed E-state index contributed by atoms with van der Waals surface area (Å²) in [6.45, 7) is 10.4. The molecule has 0 saturated heterocycles. The van der Waals surface area contributed by atoms with Crippen molar-refractivity contribution in [2.45, 2.75) is 84.8 Å². The van der Waals surface area contributed by atoms with Crippen molar-refractivity contribution in [3.8, 4) is 0 Å². The molecule has 3 aromatic heterocycles. The molecule has 0 saturated carbocycles. The molecule has 0 amide bonds. The predicted octanol–water partition coefficient (Wildman–Crippen LogP) is 6.04. The van der Waals surface area contributed by atoms with Gasteiger partial charge in [-0.25, -0.2) is 15.0 Å². The van der Waals surface area contributed by atoms with Crippen LogP contribution in [0.25, 0.3) is 20.4 Å². The third-order valence-corrected chi connectivity index (χ3v) is 6.83. The molecule has 0 fully saturated rings. The maximum atomic E-state index is 6.17. The molecular formula is C23H32N4OS. The molecule has 0 bridgehead atoms. The maximum Gasteiger partial charge on any atom is 0.147 e. The highest BCUT2D eigenvalue weighted by atomic mass is 32.1. The molecule has 1 aliphatic rings. The van der Waals surface area contributed by atoms with Crippen molar-refractivity contribution in [1.82, 2.24) is 15.0 Å². The molecule has 0 aliphatic carbocycles. The van der Waals surface area contributed by atoms with E-state index in [9.17, 15) is 0 Å². The van der Waals surface area contributed by atoms with Crippen LogP contribution in [0.4, 0.5) is 5.82 Å². The van der Waals surface area contributed by atoms with Gasteiger partial charge >= 0.3 is 0 Å². The zero-order chi connectivity index (χ0) is 20.4. The van der Waals surface area contributed by atoms with Gasteiger partial charge in [0.1, 0.15) is 17.0 Å². The molecule has 1 aliphatic heterocycles. The zero-order valence-corrected chi connectivity index (χ0v) is 18.9. The van der Waals surface area contributed by atoms with Crippen molar-refractivity contribution in [1.29, 1.82) is 0 Å². The first-order chi connectivity index (χ1) is 14.0. The van der Waals surface area contributed by atoms with Crippen molar-refractivity contribution >= 4 is 37.6 Å². The zero-order valence-electron chi connectivity index (χ0n) is 18.1. The van der Waals surface area contributed by atoms with Gasteiger partial charge in [-0.1, -0.05) is 33.1 Å². The Kier molecular flexibility index (Phi) is 6.02. The molecule has 0 aromatic carbocycles. The molecule has 0 radical (unpaired) electrons. The summed E-state index contributed by atoms with van der Waals surface area (Å²) in [5.74, 6) is 0.948. The third-order valence-electron chi connectivity index (χ3n) is 5.75. The minimum Gasteiger partial charge on any atom is -0.370 e. The Morgan fingerprint density at radius 1 is 1.10 bits per heavy atom. The van der Waals surface area contributed by atoms with E-state index in [-0.39, 0.29) is 5.60 Å². The molecule has 29 heavy (non-hydrogen) atoms. The molecule has 0 spiro atoms. The van der Waals surface area contributed by atoms with Crippen molar-refractivity contribution in [3.63, 3.8) is 0 Å². The lowest BCUT2D eigenvalue weighted by molar-refractivity contribution is -0.0401. The van der Waals surface area contributed by atoms with Gasteiger partial charge < -0.3 is 10.1 Å². The van der Waals surface area contributed by atoms with Gasteiger partial charge in [0.05, 0.1) is 22.4 Å². The summed E-state index contributed by atoms with van der Waals surface area (Å²) >= 11 is 1.73. The molecule has 4 rings (SSSR count). The average molecular weight is 413 g/mol. The van der Waals surface area contributed by atoms with Crippen LogP contribution in [0.15, 0.2) is 6.33 Å². The fourth-order valence-electron chi connectivity index (χ4n) is 4.13. The highest BCUT2D eigenvalue weighted by molar-refractivity contribution is 7.26. The van der Waals surface area contributed by atoms with Gasteiger partial charge in [-0.15, -0.1) is 11.3 Å². The first-order valence-corrected chi connectivity index (χ1v) is 11.8. The molecule has 4 heterocycles. The van der Waals surface area contributed by atoms with E-state index < -0.39 is 0 Å². The normalized spacial score (nSPS) is 15.7. The summed E-state index contributed by atoms with van der Waals surface area (Å²) < 4.78 is 7.30. The number of unbranched alkanes of at least 4 members (excludes halogenated alkanes) is 3. The number of aryl methyl sites for hydroxylation is 1. The van der Waals surface area contributed by atoms with Gasteiger partial charge in [0, 0.05) is 29.6 Å². The van der Waals surface area contributed by atoms with Gasteiger partial charge in [0.15, 0.2) is 0 Å². The van der Waals surface area contributed by atoms with Crippen molar-refractivity contribution in [2.24, 2.45) is 0 Å². The Hall–Kier alpha value is -1.79. The summed E-state index contributed by atoms with van der Waals surface area (Å²) in [5, 5.41) is 4.75. The number of aromatic nitrogens is 3. The Balaban J connectivity index is 1.84. The first kappa shape index (κ1) is 20.5. The maximum absolute atomic E-state index is 6.17. The highest BCUT2D eigenvalue weighted by Gasteiger charge is 2.31. The summed E-state index contributed by atoms with van der Waals surface area (Å²) in [6.07, 6.45) is 9.55. The summed E-state index contributed by atoms with van der Waals surface area (Å²) in [7, 11) is 0. The van der Waals surface area contributed by atoms with Crippen LogP contribution in [-0.2, 0) is 24.2 Å². The number of nitrogens with zero attached hydrogens (tertiary/aromatic N) is 3. The number of ether oxygens (including phenoxy) is 1. The lowest BCUT2D eigenvalue weighted by Gasteiger charge is -2.33. The van der Waals surface area contributed by atoms with E-state index >= 15 is 0 Å². The molecule has 5 nitrogen and oxygen atoms in total. The minimum absolute atomic E-state index is 0.161. The SMILES string of the molecule is CCCCCNc1ncnc2c1sc1nc(CCCC)c3c(c12)CC(C)(C)OC3. The Bertz CT molecular complexity index is 1010. The topological polar surface area (TPSA) is 59.9 Å². The van der Waals surface area contributed by atoms with E-state index in [1.807, 2.05) is 0 Å². The third kappa shape index (κ3) is 4.10. The van der Waals surface area contributed by atoms with E-state index in [1.165, 1.54) is 41.5 Å². The van der Waals surface area contributed by atoms with Gasteiger partial charge in [-0.05, 0) is 38.7 Å². The van der Waals surface area contributed by atoms with Gasteiger partial charge in [-0.3, -0.25) is 0 Å². The molecule has 156 valence electrons. The number of nitrogens with one attached hydrogen (secondary N) is 1. The van der Waals surface area contributed by atoms with Gasteiger partial charge in [0.2, 0.25) is 0 Å². The predicted molar refractivity (Wildman–Crippen MR) is 122 cm³/mol. The second-order valence-electron chi connectivity index (χ2n) is 8.66. The van der Waals surface area contributed by atoms with Crippen molar-refractivity contribution < 1.29 is 4.74 Å². The molecule has 1 N–H and O–H groups in total. The van der Waals surface area contributed by atoms with Crippen LogP contribution >= 0.6 is 11.3 Å². The number of hydrogen-bond donors (Lipinski definition) is 1. The number of hydrogen-bond acceptors (Lipinski definition) is 6. The number of thiophene rings is 1. The highest BCUT2D eigenvalue weighted by Crippen LogP contribution is 2.42. The molecular weight excluding hydrogens is 380 g/mol. The molecule has 0 atom stereocenters. The fourth-order valence-corrected chi connectivity index (χ4v) is 5.28. The average Bonchev–Trinajstić information content (AvgIpc) is 3.08. The standard InChI is InChI=1S/C23H32N4OS/c1-5-7-9-11-24-21-20-19(25-14-26-21)18-15-12-23(3,4)28-13-16(15)17(10-8-6-2)27-22(18)29-20/h14H,5-13H2,1-4H3,(H,24,25,26). The quantitative estimate of drug-likeness (QED) is 0.457. The monoisotopic (exact) mass is 412 g/mol. The molecule has 0 unspecified atom stereocenters. The number of anilines is 1. The lowest BCUT2D eigenvalue weighted by atomic mass is 9.88. The van der Waals surface area contributed by atoms with Crippen molar-refractivity contribution in [2.75, 3.05) is 11.9 Å². The van der Waals surface area contributed by atoms with Crippen LogP contribution in [0.5, 0.6) is 0 Å². The van der Waals surface area contributed by atoms with E-state index in [4.69, 9.17) is 14.7 Å². The van der Waals surface area contributed by atoms with Crippen LogP contribution < -0.4 is 5.32 Å². The number of pyridine rings is 1. The second-order valence-corrected chi connectivity index (χ2v) is 9.66. The van der Waals surface area contributed by atoms with Crippen LogP contribution in [0.1, 0.15) is 76.6 Å². The summed E-state index contributed by atoms with van der Waals surface area (Å²) in [6, 6.07) is 0. The van der Waals surface area contributed by atoms with Crippen LogP contribution in [0.3, 0.4) is 0 Å². The minimum atomic E-state index is -0.161. The van der Waals surface area contributed by atoms with Crippen LogP contribution in [0, 0.1) is 0 Å². The van der Waals surface area contributed by atoms with E-state index in [0.717, 1.165) is 53.1 Å². The Labute approximate surface area is 177 Å². The van der Waals surface area contributed by atoms with Gasteiger partial charge in [-0.2, -0.15) is 0 Å². The Morgan fingerprint density at radius 2 is 1.93 bits per heavy atom. The summed E-state index contributed by atoms with van der Waals surface area (Å²) in [5.41, 5.74) is 4.77. The fraction of sp³-hybridized carbons (Fsp3) is 0.609. The van der Waals surface area contributed by atoms with E-state index in [2.05, 4.69) is 38.0 Å². The molecule has 6 heteroatoms. The van der Waals surface area contributed by atoms with Crippen molar-refractivity contribution in [3.05, 3.63) is 23.1 Å². The van der Waals surface area contributed by atoms with Gasteiger partial charge in [0.25, 0.3) is 0 Å². The van der Waals surface area contributed by atoms with E-state index in [0.29, 0.717) is 6.61 Å². The lowest BCUT2D eigenvalue weighted by Crippen LogP contribution is -2.32. The smallest absolute Gasteiger partial charge is 0.147 e. The van der Waals surface area contributed by atoms with E-state index in [1.54, 1.807) is 17.7 Å². The molecule has 3 aromatic rings. The number of rotatable bonds is 8. The summed E-state index contributed by atoms with van der Waals surface area (Å²) in [4.78, 5) is 15.5.